The zero-order valence-electron chi connectivity index (χ0n) is 7.86. The van der Waals surface area contributed by atoms with E-state index in [0.29, 0.717) is 49.0 Å². The molecule has 8 heteroatoms. The molecule has 15 heavy (non-hydrogen) atoms. The summed E-state index contributed by atoms with van der Waals surface area (Å²) in [5.41, 5.74) is -0.539. The van der Waals surface area contributed by atoms with E-state index in [1.807, 2.05) is 0 Å². The largest absolute Gasteiger partial charge is 0.631 e. The molecule has 0 saturated heterocycles. The summed E-state index contributed by atoms with van der Waals surface area (Å²) in [5.74, 6) is 0. The van der Waals surface area contributed by atoms with Crippen LogP contribution in [-0.4, -0.2) is 71.3 Å². The molecule has 0 atom stereocenters. The first-order chi connectivity index (χ1) is 6.73. The Bertz CT molecular complexity index is 303. The van der Waals surface area contributed by atoms with E-state index in [2.05, 4.69) is 0 Å². The van der Waals surface area contributed by atoms with Crippen LogP contribution < -0.4 is -0.342 Å². The van der Waals surface area contributed by atoms with Crippen molar-refractivity contribution in [1.82, 2.24) is 0 Å². The third kappa shape index (κ3) is 8.40. The number of halogens is 3. The molecule has 1 aromatic rings. The van der Waals surface area contributed by atoms with E-state index >= 15 is 0 Å². The summed E-state index contributed by atoms with van der Waals surface area (Å²) in [6.45, 7) is 0. The molecule has 0 unspecified atom stereocenters. The third-order valence-corrected chi connectivity index (χ3v) is 2.32. The van der Waals surface area contributed by atoms with Crippen LogP contribution in [0.15, 0.2) is 24.3 Å². The average molecular weight is 246 g/mol. The second-order valence-corrected chi connectivity index (χ2v) is 4.52. The Morgan fingerprint density at radius 3 is 1.87 bits per heavy atom. The van der Waals surface area contributed by atoms with Gasteiger partial charge in [-0.1, -0.05) is 0 Å². The van der Waals surface area contributed by atoms with Gasteiger partial charge in [0.1, 0.15) is 0 Å². The van der Waals surface area contributed by atoms with Crippen LogP contribution in [0.25, 0.3) is 0 Å². The molecule has 0 saturated carbocycles. The molecular formula is C7H7BF3KO3. The predicted octanol–water partition coefficient (Wildman–Crippen LogP) is -0.553. The van der Waals surface area contributed by atoms with Gasteiger partial charge in [0, 0.05) is 0 Å². The van der Waals surface area contributed by atoms with Crippen molar-refractivity contribution in [3.05, 3.63) is 29.8 Å². The maximum absolute atomic E-state index is 12.0. The molecule has 0 fully saturated rings. The molecule has 0 aliphatic carbocycles. The standard InChI is InChI=1S/C7H4F3.BH3O3.K/c8-7(9,10)6-4-2-1-3-5-6;2-1(3)4;/h1-2,4-5H;2-4H;. The summed E-state index contributed by atoms with van der Waals surface area (Å²) in [6, 6.07) is 5.47. The number of alkyl halides is 3. The minimum Gasteiger partial charge on any atom is -0.402 e. The van der Waals surface area contributed by atoms with Gasteiger partial charge in [-0.3, -0.25) is 0 Å². The molecular weight excluding hydrogens is 239 g/mol. The van der Waals surface area contributed by atoms with E-state index in [9.17, 15) is 13.2 Å². The van der Waals surface area contributed by atoms with Crippen molar-refractivity contribution in [2.24, 2.45) is 0 Å². The summed E-state index contributed by atoms with van der Waals surface area (Å²) < 4.78 is 36.8. The molecule has 0 bridgehead atoms. The second kappa shape index (κ2) is 7.02. The zero-order chi connectivity index (χ0) is 12.1. The van der Waals surface area contributed by atoms with E-state index in [1.165, 1.54) is 12.1 Å². The van der Waals surface area contributed by atoms with Crippen molar-refractivity contribution in [3.63, 3.8) is 0 Å². The third-order valence-electron chi connectivity index (χ3n) is 1.35. The SMILES string of the molecule is FC(F)(F)c1ccc[c]([K])c1.OB(O)O. The number of rotatable bonds is 0. The van der Waals surface area contributed by atoms with Crippen molar-refractivity contribution in [1.29, 1.82) is 0 Å². The van der Waals surface area contributed by atoms with Crippen molar-refractivity contribution < 1.29 is 28.2 Å². The maximum atomic E-state index is 12.0. The zero-order valence-corrected chi connectivity index (χ0v) is 11.0. The molecule has 0 amide bonds. The fourth-order valence-electron chi connectivity index (χ4n) is 0.821. The molecule has 1 aromatic carbocycles. The van der Waals surface area contributed by atoms with Gasteiger partial charge in [0.2, 0.25) is 0 Å². The van der Waals surface area contributed by atoms with E-state index in [0.717, 1.165) is 5.72 Å². The molecule has 3 nitrogen and oxygen atoms in total. The number of hydrogen-bond donors (Lipinski definition) is 3. The van der Waals surface area contributed by atoms with Crippen molar-refractivity contribution >= 4 is 55.9 Å². The fourth-order valence-corrected chi connectivity index (χ4v) is 1.61. The van der Waals surface area contributed by atoms with Gasteiger partial charge >= 0.3 is 105 Å². The van der Waals surface area contributed by atoms with Crippen LogP contribution in [0, 0.1) is 0 Å². The minimum absolute atomic E-state index is 0.314. The Morgan fingerprint density at radius 2 is 1.60 bits per heavy atom. The summed E-state index contributed by atoms with van der Waals surface area (Å²) in [6.07, 6.45) is -4.19. The van der Waals surface area contributed by atoms with E-state index in [-0.39, 0.29) is 0 Å². The molecule has 3 N–H and O–H groups in total. The van der Waals surface area contributed by atoms with Crippen LogP contribution in [0.4, 0.5) is 13.2 Å². The van der Waals surface area contributed by atoms with Crippen LogP contribution in [0.1, 0.15) is 5.56 Å². The molecule has 0 spiro atoms. The van der Waals surface area contributed by atoms with E-state index < -0.39 is 19.1 Å². The molecule has 0 aliphatic rings. The molecule has 78 valence electrons. The van der Waals surface area contributed by atoms with Gasteiger partial charge < -0.3 is 15.1 Å². The van der Waals surface area contributed by atoms with Crippen molar-refractivity contribution in [2.45, 2.75) is 6.18 Å². The topological polar surface area (TPSA) is 60.7 Å². The van der Waals surface area contributed by atoms with Gasteiger partial charge in [-0.15, -0.1) is 0 Å². The first-order valence-corrected chi connectivity index (χ1v) is 5.47. The average Bonchev–Trinajstić information content (AvgIpc) is 2.01. The Morgan fingerprint density at radius 1 is 1.13 bits per heavy atom. The molecule has 0 heterocycles. The molecule has 0 aliphatic heterocycles. The van der Waals surface area contributed by atoms with Crippen molar-refractivity contribution in [3.8, 4) is 0 Å². The van der Waals surface area contributed by atoms with Crippen LogP contribution in [0.5, 0.6) is 0 Å². The monoisotopic (exact) mass is 246 g/mol. The quantitative estimate of drug-likeness (QED) is 0.538. The van der Waals surface area contributed by atoms with E-state index in [4.69, 9.17) is 15.1 Å². The maximum Gasteiger partial charge on any atom is 0.631 e. The van der Waals surface area contributed by atoms with Crippen molar-refractivity contribution in [2.75, 3.05) is 0 Å². The fraction of sp³-hybridized carbons (Fsp3) is 0.143. The number of benzene rings is 1. The summed E-state index contributed by atoms with van der Waals surface area (Å²) in [5, 5.41) is 21.5. The smallest absolute Gasteiger partial charge is 0.402 e. The first-order valence-electron chi connectivity index (χ1n) is 3.91. The van der Waals surface area contributed by atoms with E-state index in [1.54, 1.807) is 6.07 Å². The normalized spacial score (nSPS) is 10.4. The molecule has 0 aromatic heterocycles. The van der Waals surface area contributed by atoms with Gasteiger partial charge in [0.05, 0.1) is 0 Å². The van der Waals surface area contributed by atoms with Gasteiger partial charge in [0.15, 0.2) is 0 Å². The Kier molecular flexibility index (Phi) is 7.30. The van der Waals surface area contributed by atoms with Crippen LogP contribution in [0.2, 0.25) is 0 Å². The Labute approximate surface area is 119 Å². The Hall–Kier alpha value is 0.591. The van der Waals surface area contributed by atoms with Crippen LogP contribution >= 0.6 is 0 Å². The predicted molar refractivity (Wildman–Crippen MR) is 49.2 cm³/mol. The Balaban J connectivity index is 0.000000423. The van der Waals surface area contributed by atoms with Gasteiger partial charge in [-0.2, -0.15) is 0 Å². The van der Waals surface area contributed by atoms with Gasteiger partial charge in [0.25, 0.3) is 0 Å². The van der Waals surface area contributed by atoms with Gasteiger partial charge in [-0.25, -0.2) is 0 Å². The van der Waals surface area contributed by atoms with Gasteiger partial charge in [-0.05, 0) is 0 Å². The minimum atomic E-state index is -4.19. The first kappa shape index (κ1) is 15.6. The van der Waals surface area contributed by atoms with Crippen LogP contribution in [-0.2, 0) is 6.18 Å². The number of hydrogen-bond acceptors (Lipinski definition) is 3. The molecule has 1 rings (SSSR count). The summed E-state index contributed by atoms with van der Waals surface area (Å²) in [4.78, 5) is 0. The molecule has 0 radical (unpaired) electrons. The summed E-state index contributed by atoms with van der Waals surface area (Å²) in [7, 11) is -2.17. The van der Waals surface area contributed by atoms with Crippen LogP contribution in [0.3, 0.4) is 0 Å². The summed E-state index contributed by atoms with van der Waals surface area (Å²) >= 11 is 0.314. The second-order valence-electron chi connectivity index (χ2n) is 2.71.